The monoisotopic (exact) mass is 366 g/mol. The van der Waals surface area contributed by atoms with Crippen LogP contribution in [0.3, 0.4) is 0 Å². The van der Waals surface area contributed by atoms with Gasteiger partial charge in [0.25, 0.3) is 5.76 Å². The van der Waals surface area contributed by atoms with E-state index in [4.69, 9.17) is 9.15 Å². The van der Waals surface area contributed by atoms with Crippen LogP contribution >= 0.6 is 0 Å². The Hall–Kier alpha value is -2.83. The zero-order valence-corrected chi connectivity index (χ0v) is 13.9. The predicted molar refractivity (Wildman–Crippen MR) is 88.0 cm³/mol. The van der Waals surface area contributed by atoms with Crippen molar-refractivity contribution in [1.29, 1.82) is 0 Å². The molecule has 3 rings (SSSR count). The summed E-state index contributed by atoms with van der Waals surface area (Å²) in [6.45, 7) is 3.74. The van der Waals surface area contributed by atoms with Crippen molar-refractivity contribution in [3.63, 3.8) is 0 Å². The summed E-state index contributed by atoms with van der Waals surface area (Å²) < 4.78 is 63.3. The molecule has 0 aliphatic rings. The molecule has 0 spiro atoms. The molecule has 0 aliphatic carbocycles. The molecule has 3 nitrogen and oxygen atoms in total. The maximum atomic E-state index is 13.4. The first-order chi connectivity index (χ1) is 12.2. The highest BCUT2D eigenvalue weighted by molar-refractivity contribution is 5.79. The molecule has 1 heterocycles. The Balaban J connectivity index is 2.23. The number of ether oxygens (including phenoxy) is 1. The molecule has 0 N–H and O–H groups in total. The molecule has 0 aliphatic heterocycles. The Bertz CT molecular complexity index is 1000. The van der Waals surface area contributed by atoms with Crippen molar-refractivity contribution in [2.45, 2.75) is 25.9 Å². The Kier molecular flexibility index (Phi) is 4.48. The number of rotatable bonds is 3. The fraction of sp³-hybridized carbons (Fsp3) is 0.211. The van der Waals surface area contributed by atoms with Gasteiger partial charge in [0, 0.05) is 0 Å². The van der Waals surface area contributed by atoms with Crippen molar-refractivity contribution in [2.75, 3.05) is 0 Å². The van der Waals surface area contributed by atoms with Gasteiger partial charge in [0.1, 0.15) is 17.1 Å². The van der Waals surface area contributed by atoms with Crippen molar-refractivity contribution >= 4 is 11.0 Å². The summed E-state index contributed by atoms with van der Waals surface area (Å²) in [5, 5.41) is -0.0282. The van der Waals surface area contributed by atoms with Crippen LogP contribution in [-0.2, 0) is 6.18 Å². The lowest BCUT2D eigenvalue weighted by molar-refractivity contribution is -0.154. The van der Waals surface area contributed by atoms with E-state index in [-0.39, 0.29) is 22.6 Å². The van der Waals surface area contributed by atoms with Gasteiger partial charge in [-0.2, -0.15) is 13.2 Å². The molecule has 0 saturated carbocycles. The third kappa shape index (κ3) is 3.42. The first-order valence-corrected chi connectivity index (χ1v) is 7.78. The molecule has 0 amide bonds. The van der Waals surface area contributed by atoms with Crippen molar-refractivity contribution in [3.8, 4) is 11.5 Å². The molecule has 0 radical (unpaired) electrons. The van der Waals surface area contributed by atoms with Crippen LogP contribution in [-0.4, -0.2) is 0 Å². The summed E-state index contributed by atoms with van der Waals surface area (Å²) in [7, 11) is 0. The zero-order chi connectivity index (χ0) is 19.1. The van der Waals surface area contributed by atoms with E-state index in [2.05, 4.69) is 0 Å². The summed E-state index contributed by atoms with van der Waals surface area (Å²) in [5.74, 6) is -3.15. The van der Waals surface area contributed by atoms with Crippen LogP contribution in [0.4, 0.5) is 17.6 Å². The Morgan fingerprint density at radius 2 is 1.69 bits per heavy atom. The van der Waals surface area contributed by atoms with Gasteiger partial charge in [-0.1, -0.05) is 19.9 Å². The van der Waals surface area contributed by atoms with Crippen molar-refractivity contribution in [2.24, 2.45) is 0 Å². The second-order valence-electron chi connectivity index (χ2n) is 6.05. The lowest BCUT2D eigenvalue weighted by atomic mass is 10.0. The van der Waals surface area contributed by atoms with Gasteiger partial charge >= 0.3 is 6.18 Å². The quantitative estimate of drug-likeness (QED) is 0.545. The normalized spacial score (nSPS) is 12.0. The smallest absolute Gasteiger partial charge is 0.449 e. The van der Waals surface area contributed by atoms with Crippen LogP contribution in [0.25, 0.3) is 11.0 Å². The van der Waals surface area contributed by atoms with Gasteiger partial charge in [0.15, 0.2) is 0 Å². The highest BCUT2D eigenvalue weighted by Gasteiger charge is 2.40. The minimum atomic E-state index is -4.93. The third-order valence-electron chi connectivity index (χ3n) is 3.83. The lowest BCUT2D eigenvalue weighted by Gasteiger charge is -2.14. The molecule has 26 heavy (non-hydrogen) atoms. The fourth-order valence-electron chi connectivity index (χ4n) is 2.45. The van der Waals surface area contributed by atoms with Crippen molar-refractivity contribution < 1.29 is 26.7 Å². The van der Waals surface area contributed by atoms with Crippen LogP contribution in [0.5, 0.6) is 11.5 Å². The van der Waals surface area contributed by atoms with Gasteiger partial charge in [-0.05, 0) is 47.9 Å². The summed E-state index contributed by atoms with van der Waals surface area (Å²) in [6, 6.07) is 8.76. The average molecular weight is 366 g/mol. The van der Waals surface area contributed by atoms with E-state index in [1.807, 2.05) is 13.8 Å². The number of benzene rings is 2. The van der Waals surface area contributed by atoms with Crippen LogP contribution in [0.15, 0.2) is 51.7 Å². The number of hydrogen-bond acceptors (Lipinski definition) is 3. The number of fused-ring (bicyclic) bond motifs is 1. The molecule has 0 saturated heterocycles. The molecule has 2 aromatic carbocycles. The summed E-state index contributed by atoms with van der Waals surface area (Å²) >= 11 is 0. The van der Waals surface area contributed by atoms with Gasteiger partial charge in [-0.15, -0.1) is 0 Å². The van der Waals surface area contributed by atoms with Crippen molar-refractivity contribution in [1.82, 2.24) is 0 Å². The van der Waals surface area contributed by atoms with Crippen LogP contribution in [0.1, 0.15) is 31.1 Å². The minimum Gasteiger partial charge on any atom is -0.449 e. The molecule has 0 bridgehead atoms. The Labute approximate surface area is 145 Å². The maximum Gasteiger partial charge on any atom is 0.453 e. The molecular formula is C19H14F4O3. The maximum absolute atomic E-state index is 13.4. The Morgan fingerprint density at radius 3 is 2.27 bits per heavy atom. The molecule has 7 heteroatoms. The SMILES string of the molecule is CC(C)c1ccc2c(=O)c(Oc3ccc(F)cc3)c(C(F)(F)F)oc2c1. The van der Waals surface area contributed by atoms with Crippen LogP contribution in [0, 0.1) is 5.82 Å². The second-order valence-corrected chi connectivity index (χ2v) is 6.05. The second kappa shape index (κ2) is 6.48. The van der Waals surface area contributed by atoms with Crippen LogP contribution in [0.2, 0.25) is 0 Å². The molecule has 0 fully saturated rings. The zero-order valence-electron chi connectivity index (χ0n) is 13.9. The van der Waals surface area contributed by atoms with E-state index < -0.39 is 28.9 Å². The summed E-state index contributed by atoms with van der Waals surface area (Å²) in [6.07, 6.45) is -4.93. The molecule has 136 valence electrons. The highest BCUT2D eigenvalue weighted by Crippen LogP contribution is 2.38. The van der Waals surface area contributed by atoms with E-state index >= 15 is 0 Å². The third-order valence-corrected chi connectivity index (χ3v) is 3.83. The number of alkyl halides is 3. The Morgan fingerprint density at radius 1 is 1.04 bits per heavy atom. The van der Waals surface area contributed by atoms with Gasteiger partial charge in [-0.3, -0.25) is 4.79 Å². The van der Waals surface area contributed by atoms with E-state index in [0.717, 1.165) is 29.8 Å². The highest BCUT2D eigenvalue weighted by atomic mass is 19.4. The van der Waals surface area contributed by atoms with Gasteiger partial charge in [-0.25, -0.2) is 4.39 Å². The average Bonchev–Trinajstić information content (AvgIpc) is 2.57. The van der Waals surface area contributed by atoms with E-state index in [1.165, 1.54) is 12.1 Å². The fourth-order valence-corrected chi connectivity index (χ4v) is 2.45. The molecular weight excluding hydrogens is 352 g/mol. The van der Waals surface area contributed by atoms with Gasteiger partial charge < -0.3 is 9.15 Å². The number of halogens is 4. The van der Waals surface area contributed by atoms with E-state index in [0.29, 0.717) is 0 Å². The van der Waals surface area contributed by atoms with E-state index in [1.54, 1.807) is 6.07 Å². The largest absolute Gasteiger partial charge is 0.453 e. The van der Waals surface area contributed by atoms with Crippen LogP contribution < -0.4 is 10.2 Å². The standard InChI is InChI=1S/C19H14F4O3/c1-10(2)11-3-8-14-15(9-11)26-18(19(21,22)23)17(16(14)24)25-13-6-4-12(20)5-7-13/h3-10H,1-2H3. The molecule has 3 aromatic rings. The summed E-state index contributed by atoms with van der Waals surface area (Å²) in [5.41, 5.74) is -0.376. The minimum absolute atomic E-state index is 0.0282. The molecule has 1 aromatic heterocycles. The molecule has 0 unspecified atom stereocenters. The number of hydrogen-bond donors (Lipinski definition) is 0. The predicted octanol–water partition coefficient (Wildman–Crippen LogP) is 5.87. The first-order valence-electron chi connectivity index (χ1n) is 7.78. The van der Waals surface area contributed by atoms with Gasteiger partial charge in [0.2, 0.25) is 11.2 Å². The van der Waals surface area contributed by atoms with E-state index in [9.17, 15) is 22.4 Å². The topological polar surface area (TPSA) is 39.4 Å². The summed E-state index contributed by atoms with van der Waals surface area (Å²) in [4.78, 5) is 12.6. The van der Waals surface area contributed by atoms with Crippen molar-refractivity contribution in [3.05, 3.63) is 69.8 Å². The first kappa shape index (κ1) is 18.0. The molecule has 0 atom stereocenters. The van der Waals surface area contributed by atoms with Gasteiger partial charge in [0.05, 0.1) is 5.39 Å². The lowest BCUT2D eigenvalue weighted by Crippen LogP contribution is -2.15.